The van der Waals surface area contributed by atoms with Gasteiger partial charge in [0, 0.05) is 56.4 Å². The lowest BCUT2D eigenvalue weighted by Gasteiger charge is -2.39. The average molecular weight is 457 g/mol. The molecule has 170 valence electrons. The van der Waals surface area contributed by atoms with Crippen molar-refractivity contribution in [1.82, 2.24) is 14.2 Å². The lowest BCUT2D eigenvalue weighted by Crippen LogP contribution is -2.50. The Kier molecular flexibility index (Phi) is 7.31. The van der Waals surface area contributed by atoms with Crippen molar-refractivity contribution in [3.63, 3.8) is 0 Å². The molecule has 9 heteroatoms. The number of anilines is 1. The molecule has 32 heavy (non-hydrogen) atoms. The van der Waals surface area contributed by atoms with Gasteiger partial charge in [-0.3, -0.25) is 14.7 Å². The molecule has 0 bridgehead atoms. The second kappa shape index (κ2) is 10.4. The number of nitrogens with one attached hydrogen (secondary N) is 1. The molecule has 2 saturated heterocycles. The van der Waals surface area contributed by atoms with Crippen LogP contribution in [0.25, 0.3) is 6.08 Å². The summed E-state index contributed by atoms with van der Waals surface area (Å²) < 4.78 is 33.1. The quantitative estimate of drug-likeness (QED) is 0.670. The monoisotopic (exact) mass is 456 g/mol. The van der Waals surface area contributed by atoms with Crippen LogP contribution < -0.4 is 5.32 Å². The zero-order chi connectivity index (χ0) is 22.4. The number of carbonyl (C=O) groups is 1. The van der Waals surface area contributed by atoms with Gasteiger partial charge in [-0.1, -0.05) is 6.07 Å². The number of carbonyl (C=O) groups excluding carboxylic acids is 1. The first-order valence-electron chi connectivity index (χ1n) is 10.8. The van der Waals surface area contributed by atoms with E-state index >= 15 is 0 Å². The Morgan fingerprint density at radius 1 is 1.06 bits per heavy atom. The summed E-state index contributed by atoms with van der Waals surface area (Å²) in [4.78, 5) is 18.8. The minimum absolute atomic E-state index is 0.242. The van der Waals surface area contributed by atoms with E-state index in [-0.39, 0.29) is 10.8 Å². The predicted molar refractivity (Wildman–Crippen MR) is 123 cm³/mol. The largest absolute Gasteiger partial charge is 0.379 e. The predicted octanol–water partition coefficient (Wildman–Crippen LogP) is 2.22. The second-order valence-electron chi connectivity index (χ2n) is 7.92. The van der Waals surface area contributed by atoms with Crippen LogP contribution in [0.3, 0.4) is 0 Å². The molecule has 2 aliphatic rings. The first-order chi connectivity index (χ1) is 15.5. The van der Waals surface area contributed by atoms with Gasteiger partial charge in [-0.05, 0) is 54.8 Å². The molecule has 4 rings (SSSR count). The Bertz CT molecular complexity index is 1030. The van der Waals surface area contributed by atoms with Gasteiger partial charge in [-0.15, -0.1) is 0 Å². The highest BCUT2D eigenvalue weighted by Crippen LogP contribution is 2.24. The Hall–Kier alpha value is -2.59. The van der Waals surface area contributed by atoms with Gasteiger partial charge in [0.15, 0.2) is 0 Å². The van der Waals surface area contributed by atoms with Crippen molar-refractivity contribution in [3.05, 3.63) is 60.4 Å². The van der Waals surface area contributed by atoms with Gasteiger partial charge in [-0.2, -0.15) is 4.31 Å². The summed E-state index contributed by atoms with van der Waals surface area (Å²) in [6.45, 7) is 4.37. The number of piperidine rings is 1. The smallest absolute Gasteiger partial charge is 0.248 e. The molecule has 0 atom stereocenters. The summed E-state index contributed by atoms with van der Waals surface area (Å²) in [7, 11) is -3.55. The molecule has 0 radical (unpaired) electrons. The van der Waals surface area contributed by atoms with Crippen molar-refractivity contribution in [2.75, 3.05) is 44.7 Å². The lowest BCUT2D eigenvalue weighted by molar-refractivity contribution is -0.111. The maximum atomic E-state index is 13.1. The Morgan fingerprint density at radius 2 is 1.78 bits per heavy atom. The summed E-state index contributed by atoms with van der Waals surface area (Å²) in [6, 6.07) is 10.4. The van der Waals surface area contributed by atoms with E-state index in [0.29, 0.717) is 24.8 Å². The summed E-state index contributed by atoms with van der Waals surface area (Å²) in [6.07, 6.45) is 8.07. The number of morpholine rings is 1. The molecule has 1 aromatic heterocycles. The third kappa shape index (κ3) is 5.60. The van der Waals surface area contributed by atoms with Crippen LogP contribution in [-0.4, -0.2) is 73.9 Å². The maximum Gasteiger partial charge on any atom is 0.248 e. The first kappa shape index (κ1) is 22.6. The Labute approximate surface area is 188 Å². The van der Waals surface area contributed by atoms with Gasteiger partial charge in [0.25, 0.3) is 0 Å². The number of amides is 1. The fraction of sp³-hybridized carbons (Fsp3) is 0.391. The number of pyridine rings is 1. The molecule has 0 spiro atoms. The van der Waals surface area contributed by atoms with Gasteiger partial charge in [0.2, 0.25) is 15.9 Å². The Morgan fingerprint density at radius 3 is 2.44 bits per heavy atom. The molecule has 2 aliphatic heterocycles. The van der Waals surface area contributed by atoms with Crippen molar-refractivity contribution in [1.29, 1.82) is 0 Å². The molecule has 3 heterocycles. The van der Waals surface area contributed by atoms with E-state index in [1.54, 1.807) is 53.1 Å². The molecule has 1 aromatic carbocycles. The fourth-order valence-electron chi connectivity index (χ4n) is 4.08. The van der Waals surface area contributed by atoms with Gasteiger partial charge in [0.05, 0.1) is 18.1 Å². The topological polar surface area (TPSA) is 91.8 Å². The van der Waals surface area contributed by atoms with Crippen LogP contribution in [0.4, 0.5) is 5.69 Å². The number of hydrogen-bond acceptors (Lipinski definition) is 6. The molecule has 1 N–H and O–H groups in total. The minimum Gasteiger partial charge on any atom is -0.379 e. The van der Waals surface area contributed by atoms with E-state index in [2.05, 4.69) is 15.2 Å². The van der Waals surface area contributed by atoms with Crippen LogP contribution in [0.5, 0.6) is 0 Å². The highest BCUT2D eigenvalue weighted by molar-refractivity contribution is 7.89. The molecule has 0 aliphatic carbocycles. The third-order valence-electron chi connectivity index (χ3n) is 5.86. The lowest BCUT2D eigenvalue weighted by atomic mass is 10.0. The zero-order valence-electron chi connectivity index (χ0n) is 17.9. The third-order valence-corrected chi connectivity index (χ3v) is 7.77. The molecule has 0 saturated carbocycles. The van der Waals surface area contributed by atoms with E-state index in [1.165, 1.54) is 6.08 Å². The highest BCUT2D eigenvalue weighted by Gasteiger charge is 2.32. The molecule has 2 fully saturated rings. The van der Waals surface area contributed by atoms with E-state index in [0.717, 1.165) is 44.7 Å². The number of hydrogen-bond donors (Lipinski definition) is 1. The number of ether oxygens (including phenoxy) is 1. The van der Waals surface area contributed by atoms with Crippen LogP contribution in [0.2, 0.25) is 0 Å². The van der Waals surface area contributed by atoms with Crippen LogP contribution >= 0.6 is 0 Å². The van der Waals surface area contributed by atoms with Crippen LogP contribution in [-0.2, 0) is 19.6 Å². The van der Waals surface area contributed by atoms with Crippen molar-refractivity contribution >= 4 is 27.7 Å². The van der Waals surface area contributed by atoms with Crippen molar-refractivity contribution in [2.24, 2.45) is 0 Å². The normalized spacial score (nSPS) is 19.2. The summed E-state index contributed by atoms with van der Waals surface area (Å²) in [5.41, 5.74) is 1.36. The molecule has 2 aromatic rings. The van der Waals surface area contributed by atoms with E-state index in [1.807, 2.05) is 6.07 Å². The molecular formula is C23H28N4O4S. The van der Waals surface area contributed by atoms with Gasteiger partial charge in [-0.25, -0.2) is 8.42 Å². The van der Waals surface area contributed by atoms with E-state index in [4.69, 9.17) is 4.74 Å². The number of nitrogens with zero attached hydrogens (tertiary/aromatic N) is 3. The number of rotatable bonds is 6. The van der Waals surface area contributed by atoms with E-state index in [9.17, 15) is 13.2 Å². The SMILES string of the molecule is O=C(C=Cc1cccnc1)Nc1ccc(S(=O)(=O)N2CCC(N3CCOCC3)CC2)cc1. The summed E-state index contributed by atoms with van der Waals surface area (Å²) in [5, 5.41) is 2.74. The molecule has 8 nitrogen and oxygen atoms in total. The van der Waals surface area contributed by atoms with Crippen LogP contribution in [0.1, 0.15) is 18.4 Å². The van der Waals surface area contributed by atoms with Crippen LogP contribution in [0.15, 0.2) is 59.8 Å². The number of aromatic nitrogens is 1. The van der Waals surface area contributed by atoms with Crippen molar-refractivity contribution in [3.8, 4) is 0 Å². The van der Waals surface area contributed by atoms with Crippen molar-refractivity contribution in [2.45, 2.75) is 23.8 Å². The molecule has 1 amide bonds. The molecule has 0 unspecified atom stereocenters. The van der Waals surface area contributed by atoms with E-state index < -0.39 is 10.0 Å². The maximum absolute atomic E-state index is 13.1. The van der Waals surface area contributed by atoms with Gasteiger partial charge >= 0.3 is 0 Å². The van der Waals surface area contributed by atoms with Crippen LogP contribution in [0, 0.1) is 0 Å². The summed E-state index contributed by atoms with van der Waals surface area (Å²) in [5.74, 6) is -0.297. The highest BCUT2D eigenvalue weighted by atomic mass is 32.2. The minimum atomic E-state index is -3.55. The second-order valence-corrected chi connectivity index (χ2v) is 9.85. The van der Waals surface area contributed by atoms with Crippen molar-refractivity contribution < 1.29 is 17.9 Å². The molecular weight excluding hydrogens is 428 g/mol. The average Bonchev–Trinajstić information content (AvgIpc) is 2.84. The Balaban J connectivity index is 1.32. The number of sulfonamides is 1. The van der Waals surface area contributed by atoms with Gasteiger partial charge in [0.1, 0.15) is 0 Å². The number of benzene rings is 1. The summed E-state index contributed by atoms with van der Waals surface area (Å²) >= 11 is 0. The van der Waals surface area contributed by atoms with Gasteiger partial charge < -0.3 is 10.1 Å². The zero-order valence-corrected chi connectivity index (χ0v) is 18.7. The fourth-order valence-corrected chi connectivity index (χ4v) is 5.55. The first-order valence-corrected chi connectivity index (χ1v) is 12.3. The standard InChI is InChI=1S/C23H28N4O4S/c28-23(8-3-19-2-1-11-24-18-19)25-20-4-6-22(7-5-20)32(29,30)27-12-9-21(10-13-27)26-14-16-31-17-15-26/h1-8,11,18,21H,9-10,12-17H2,(H,25,28).